The molecule has 2 aliphatic rings. The van der Waals surface area contributed by atoms with Gasteiger partial charge in [-0.15, -0.1) is 0 Å². The Labute approximate surface area is 196 Å². The highest BCUT2D eigenvalue weighted by molar-refractivity contribution is 5.82. The van der Waals surface area contributed by atoms with Gasteiger partial charge in [-0.05, 0) is 88.2 Å². The van der Waals surface area contributed by atoms with Gasteiger partial charge in [0.25, 0.3) is 0 Å². The molecule has 2 fully saturated rings. The second kappa shape index (κ2) is 10.6. The minimum absolute atomic E-state index is 0.00497. The summed E-state index contributed by atoms with van der Waals surface area (Å²) in [4.78, 5) is 27.9. The van der Waals surface area contributed by atoms with Gasteiger partial charge in [-0.3, -0.25) is 4.79 Å². The van der Waals surface area contributed by atoms with Crippen molar-refractivity contribution in [2.75, 3.05) is 26.2 Å². The van der Waals surface area contributed by atoms with Crippen molar-refractivity contribution >= 4 is 16.9 Å². The highest BCUT2D eigenvalue weighted by Gasteiger charge is 2.32. The van der Waals surface area contributed by atoms with E-state index in [1.807, 2.05) is 26.0 Å². The molecular formula is C27H36N2O4. The van der Waals surface area contributed by atoms with Gasteiger partial charge in [0.15, 0.2) is 0 Å². The van der Waals surface area contributed by atoms with E-state index < -0.39 is 0 Å². The molecule has 4 rings (SSSR count). The number of benzene rings is 1. The molecule has 0 radical (unpaired) electrons. The van der Waals surface area contributed by atoms with Crippen LogP contribution >= 0.6 is 0 Å². The van der Waals surface area contributed by atoms with E-state index in [0.29, 0.717) is 41.9 Å². The Morgan fingerprint density at radius 2 is 2.06 bits per heavy atom. The van der Waals surface area contributed by atoms with Gasteiger partial charge in [-0.1, -0.05) is 13.0 Å². The maximum atomic E-state index is 12.6. The second-order valence-electron chi connectivity index (χ2n) is 9.70. The van der Waals surface area contributed by atoms with Gasteiger partial charge in [-0.2, -0.15) is 0 Å². The topological polar surface area (TPSA) is 71.8 Å². The molecule has 2 aliphatic heterocycles. The van der Waals surface area contributed by atoms with E-state index >= 15 is 0 Å². The molecule has 0 aliphatic carbocycles. The van der Waals surface area contributed by atoms with Crippen LogP contribution in [0.3, 0.4) is 0 Å². The van der Waals surface area contributed by atoms with Crippen LogP contribution in [-0.4, -0.2) is 43.1 Å². The standard InChI is InChI=1S/C27H36N2O4/c1-18(2)17-32-21-9-10-22-19(3)23(27(31)33-25(22)15-21)11-12-26(30)28-16-20-7-6-14-29-13-5-4-8-24(20)29/h9-10,15,20,24H,1,4-8,11-14,16-17H2,2-3H3,(H,28,30)/t20-,24-/m1/s1. The van der Waals surface area contributed by atoms with E-state index in [4.69, 9.17) is 9.15 Å². The molecule has 6 heteroatoms. The number of hydrogen-bond acceptors (Lipinski definition) is 5. The molecule has 0 spiro atoms. The SMILES string of the molecule is C=C(C)COc1ccc2c(C)c(CCC(=O)NC[C@H]3CCCN4CCCC[C@H]34)c(=O)oc2c1. The van der Waals surface area contributed by atoms with E-state index in [-0.39, 0.29) is 18.0 Å². The number of carbonyl (C=O) groups excluding carboxylic acids is 1. The molecule has 33 heavy (non-hydrogen) atoms. The Morgan fingerprint density at radius 1 is 1.24 bits per heavy atom. The van der Waals surface area contributed by atoms with Gasteiger partial charge in [0.05, 0.1) is 0 Å². The van der Waals surface area contributed by atoms with Crippen LogP contribution in [-0.2, 0) is 11.2 Å². The Morgan fingerprint density at radius 3 is 2.88 bits per heavy atom. The molecule has 2 atom stereocenters. The maximum absolute atomic E-state index is 12.6. The van der Waals surface area contributed by atoms with Crippen molar-refractivity contribution in [1.82, 2.24) is 10.2 Å². The summed E-state index contributed by atoms with van der Waals surface area (Å²) in [7, 11) is 0. The molecule has 6 nitrogen and oxygen atoms in total. The summed E-state index contributed by atoms with van der Waals surface area (Å²) < 4.78 is 11.2. The van der Waals surface area contributed by atoms with Crippen LogP contribution in [0.5, 0.6) is 5.75 Å². The lowest BCUT2D eigenvalue weighted by atomic mass is 9.83. The fourth-order valence-corrected chi connectivity index (χ4v) is 5.35. The quantitative estimate of drug-likeness (QED) is 0.476. The summed E-state index contributed by atoms with van der Waals surface area (Å²) in [5.41, 5.74) is 2.48. The number of nitrogens with one attached hydrogen (secondary N) is 1. The van der Waals surface area contributed by atoms with Crippen LogP contribution in [0.4, 0.5) is 0 Å². The number of piperidine rings is 2. The van der Waals surface area contributed by atoms with Crippen LogP contribution < -0.4 is 15.7 Å². The van der Waals surface area contributed by atoms with Gasteiger partial charge >= 0.3 is 5.63 Å². The third-order valence-corrected chi connectivity index (χ3v) is 7.14. The zero-order chi connectivity index (χ0) is 23.4. The number of fused-ring (bicyclic) bond motifs is 2. The van der Waals surface area contributed by atoms with Crippen LogP contribution in [0.15, 0.2) is 39.6 Å². The number of rotatable bonds is 8. The van der Waals surface area contributed by atoms with Crippen LogP contribution in [0.1, 0.15) is 56.6 Å². The van der Waals surface area contributed by atoms with Gasteiger partial charge in [0, 0.05) is 36.0 Å². The Hall–Kier alpha value is -2.60. The maximum Gasteiger partial charge on any atom is 0.339 e. The zero-order valence-corrected chi connectivity index (χ0v) is 20.0. The first-order chi connectivity index (χ1) is 15.9. The minimum atomic E-state index is -0.380. The molecule has 0 saturated carbocycles. The molecule has 2 saturated heterocycles. The fraction of sp³-hybridized carbons (Fsp3) is 0.556. The predicted octanol–water partition coefficient (Wildman–Crippen LogP) is 4.37. The molecule has 0 unspecified atom stereocenters. The first-order valence-electron chi connectivity index (χ1n) is 12.3. The molecular weight excluding hydrogens is 416 g/mol. The van der Waals surface area contributed by atoms with Crippen molar-refractivity contribution < 1.29 is 13.9 Å². The van der Waals surface area contributed by atoms with Crippen molar-refractivity contribution in [3.63, 3.8) is 0 Å². The number of hydrogen-bond donors (Lipinski definition) is 1. The molecule has 1 N–H and O–H groups in total. The fourth-order valence-electron chi connectivity index (χ4n) is 5.35. The molecule has 1 aromatic carbocycles. The molecule has 1 amide bonds. The normalized spacial score (nSPS) is 20.9. The summed E-state index contributed by atoms with van der Waals surface area (Å²) in [6, 6.07) is 6.13. The van der Waals surface area contributed by atoms with Crippen LogP contribution in [0.2, 0.25) is 0 Å². The van der Waals surface area contributed by atoms with Gasteiger partial charge in [0.2, 0.25) is 5.91 Å². The predicted molar refractivity (Wildman–Crippen MR) is 131 cm³/mol. The average Bonchev–Trinajstić information content (AvgIpc) is 2.81. The Balaban J connectivity index is 1.36. The monoisotopic (exact) mass is 452 g/mol. The van der Waals surface area contributed by atoms with Gasteiger partial charge < -0.3 is 19.4 Å². The van der Waals surface area contributed by atoms with E-state index in [1.165, 1.54) is 45.2 Å². The average molecular weight is 453 g/mol. The van der Waals surface area contributed by atoms with Crippen molar-refractivity contribution in [3.8, 4) is 5.75 Å². The minimum Gasteiger partial charge on any atom is -0.489 e. The zero-order valence-electron chi connectivity index (χ0n) is 20.0. The molecule has 3 heterocycles. The smallest absolute Gasteiger partial charge is 0.339 e. The number of ether oxygens (including phenoxy) is 1. The molecule has 178 valence electrons. The van der Waals surface area contributed by atoms with Crippen molar-refractivity contribution in [1.29, 1.82) is 0 Å². The molecule has 2 aromatic rings. The van der Waals surface area contributed by atoms with E-state index in [9.17, 15) is 9.59 Å². The third kappa shape index (κ3) is 5.67. The first-order valence-corrected chi connectivity index (χ1v) is 12.3. The third-order valence-electron chi connectivity index (χ3n) is 7.14. The van der Waals surface area contributed by atoms with Crippen LogP contribution in [0.25, 0.3) is 11.0 Å². The van der Waals surface area contributed by atoms with Crippen LogP contribution in [0, 0.1) is 12.8 Å². The Bertz CT molecular complexity index is 1070. The number of carbonyl (C=O) groups is 1. The van der Waals surface area contributed by atoms with E-state index in [2.05, 4.69) is 16.8 Å². The number of aryl methyl sites for hydroxylation is 1. The summed E-state index contributed by atoms with van der Waals surface area (Å²) in [6.45, 7) is 11.2. The van der Waals surface area contributed by atoms with Gasteiger partial charge in [-0.25, -0.2) is 4.79 Å². The lowest BCUT2D eigenvalue weighted by Gasteiger charge is -2.44. The lowest BCUT2D eigenvalue weighted by Crippen LogP contribution is -2.51. The molecule has 0 bridgehead atoms. The number of nitrogens with zero attached hydrogens (tertiary/aromatic N) is 1. The summed E-state index contributed by atoms with van der Waals surface area (Å²) in [6.07, 6.45) is 6.91. The molecule has 1 aromatic heterocycles. The highest BCUT2D eigenvalue weighted by Crippen LogP contribution is 2.30. The second-order valence-corrected chi connectivity index (χ2v) is 9.70. The summed E-state index contributed by atoms with van der Waals surface area (Å²) >= 11 is 0. The lowest BCUT2D eigenvalue weighted by molar-refractivity contribution is -0.121. The number of amides is 1. The van der Waals surface area contributed by atoms with Gasteiger partial charge in [0.1, 0.15) is 17.9 Å². The van der Waals surface area contributed by atoms with E-state index in [0.717, 1.165) is 23.1 Å². The van der Waals surface area contributed by atoms with E-state index in [1.54, 1.807) is 6.07 Å². The van der Waals surface area contributed by atoms with Crippen molar-refractivity contribution in [2.24, 2.45) is 5.92 Å². The first kappa shape index (κ1) is 23.6. The Kier molecular flexibility index (Phi) is 7.53. The van der Waals surface area contributed by atoms with Crippen molar-refractivity contribution in [3.05, 3.63) is 51.9 Å². The summed E-state index contributed by atoms with van der Waals surface area (Å²) in [5.74, 6) is 1.18. The largest absolute Gasteiger partial charge is 0.489 e. The van der Waals surface area contributed by atoms with Crippen molar-refractivity contribution in [2.45, 2.75) is 64.8 Å². The highest BCUT2D eigenvalue weighted by atomic mass is 16.5. The summed E-state index contributed by atoms with van der Waals surface area (Å²) in [5, 5.41) is 4.01.